The van der Waals surface area contributed by atoms with Crippen LogP contribution in [-0.4, -0.2) is 29.1 Å². The minimum atomic E-state index is 0.449. The summed E-state index contributed by atoms with van der Waals surface area (Å²) in [7, 11) is 0. The molecule has 1 rings (SSSR count). The van der Waals surface area contributed by atoms with Crippen molar-refractivity contribution in [3.63, 3.8) is 0 Å². The SMILES string of the molecule is C=CCN(CC=C)c1cnc(CNC(C)C)cn1. The van der Waals surface area contributed by atoms with Crippen LogP contribution in [0.15, 0.2) is 37.7 Å². The molecule has 0 saturated heterocycles. The van der Waals surface area contributed by atoms with Crippen LogP contribution in [-0.2, 0) is 6.54 Å². The number of hydrogen-bond acceptors (Lipinski definition) is 4. The van der Waals surface area contributed by atoms with Gasteiger partial charge in [0.1, 0.15) is 5.82 Å². The largest absolute Gasteiger partial charge is 0.348 e. The fraction of sp³-hybridized carbons (Fsp3) is 0.429. The Balaban J connectivity index is 2.67. The van der Waals surface area contributed by atoms with Gasteiger partial charge < -0.3 is 10.2 Å². The van der Waals surface area contributed by atoms with E-state index in [2.05, 4.69) is 47.2 Å². The van der Waals surface area contributed by atoms with Gasteiger partial charge in [-0.25, -0.2) is 4.98 Å². The molecule has 0 unspecified atom stereocenters. The zero-order chi connectivity index (χ0) is 13.4. The molecule has 1 aromatic rings. The van der Waals surface area contributed by atoms with Crippen LogP contribution < -0.4 is 10.2 Å². The van der Waals surface area contributed by atoms with Crippen LogP contribution in [0.1, 0.15) is 19.5 Å². The van der Waals surface area contributed by atoms with E-state index in [4.69, 9.17) is 0 Å². The van der Waals surface area contributed by atoms with Gasteiger partial charge in [0.15, 0.2) is 0 Å². The second-order valence-corrected chi connectivity index (χ2v) is 4.38. The fourth-order valence-corrected chi connectivity index (χ4v) is 1.48. The molecular weight excluding hydrogens is 224 g/mol. The van der Waals surface area contributed by atoms with Crippen molar-refractivity contribution in [1.29, 1.82) is 0 Å². The van der Waals surface area contributed by atoms with Gasteiger partial charge in [0.2, 0.25) is 0 Å². The Hall–Kier alpha value is -1.68. The lowest BCUT2D eigenvalue weighted by Crippen LogP contribution is -2.25. The number of rotatable bonds is 8. The molecule has 0 atom stereocenters. The lowest BCUT2D eigenvalue weighted by Gasteiger charge is -2.19. The van der Waals surface area contributed by atoms with Crippen molar-refractivity contribution < 1.29 is 0 Å². The standard InChI is InChI=1S/C14H22N4/c1-5-7-18(8-6-2)14-11-16-13(10-17-14)9-15-12(3)4/h5-6,10-12,15H,1-2,7-9H2,3-4H3. The predicted octanol–water partition coefficient (Wildman–Crippen LogP) is 2.15. The zero-order valence-electron chi connectivity index (χ0n) is 11.3. The maximum atomic E-state index is 4.42. The highest BCUT2D eigenvalue weighted by molar-refractivity contribution is 5.37. The molecule has 0 amide bonds. The molecule has 1 N–H and O–H groups in total. The summed E-state index contributed by atoms with van der Waals surface area (Å²) in [6.07, 6.45) is 7.30. The lowest BCUT2D eigenvalue weighted by molar-refractivity contribution is 0.580. The van der Waals surface area contributed by atoms with E-state index < -0.39 is 0 Å². The van der Waals surface area contributed by atoms with Gasteiger partial charge in [-0.1, -0.05) is 26.0 Å². The Morgan fingerprint density at radius 1 is 1.22 bits per heavy atom. The van der Waals surface area contributed by atoms with E-state index >= 15 is 0 Å². The Bertz CT molecular complexity index is 360. The van der Waals surface area contributed by atoms with Gasteiger partial charge in [0.25, 0.3) is 0 Å². The third-order valence-corrected chi connectivity index (χ3v) is 2.41. The third kappa shape index (κ3) is 4.67. The Morgan fingerprint density at radius 2 is 1.89 bits per heavy atom. The van der Waals surface area contributed by atoms with Crippen LogP contribution in [0, 0.1) is 0 Å². The predicted molar refractivity (Wildman–Crippen MR) is 76.6 cm³/mol. The first-order valence-corrected chi connectivity index (χ1v) is 6.18. The van der Waals surface area contributed by atoms with Crippen molar-refractivity contribution in [1.82, 2.24) is 15.3 Å². The van der Waals surface area contributed by atoms with Gasteiger partial charge in [-0.3, -0.25) is 4.98 Å². The Kier molecular flexibility index (Phi) is 6.08. The molecule has 0 aliphatic heterocycles. The zero-order valence-corrected chi connectivity index (χ0v) is 11.3. The normalized spacial score (nSPS) is 10.4. The highest BCUT2D eigenvalue weighted by atomic mass is 15.2. The van der Waals surface area contributed by atoms with Gasteiger partial charge in [-0.15, -0.1) is 13.2 Å². The maximum absolute atomic E-state index is 4.42. The van der Waals surface area contributed by atoms with Crippen LogP contribution in [0.25, 0.3) is 0 Å². The van der Waals surface area contributed by atoms with Crippen LogP contribution >= 0.6 is 0 Å². The summed E-state index contributed by atoms with van der Waals surface area (Å²) in [6, 6.07) is 0.449. The van der Waals surface area contributed by atoms with E-state index in [1.807, 2.05) is 18.3 Å². The highest BCUT2D eigenvalue weighted by Gasteiger charge is 2.05. The fourth-order valence-electron chi connectivity index (χ4n) is 1.48. The first kappa shape index (κ1) is 14.4. The van der Waals surface area contributed by atoms with Crippen molar-refractivity contribution in [2.75, 3.05) is 18.0 Å². The molecule has 0 aromatic carbocycles. The monoisotopic (exact) mass is 246 g/mol. The molecule has 1 heterocycles. The van der Waals surface area contributed by atoms with E-state index in [-0.39, 0.29) is 0 Å². The summed E-state index contributed by atoms with van der Waals surface area (Å²) in [5.74, 6) is 0.850. The lowest BCUT2D eigenvalue weighted by atomic mass is 10.3. The third-order valence-electron chi connectivity index (χ3n) is 2.41. The first-order valence-electron chi connectivity index (χ1n) is 6.18. The molecular formula is C14H22N4. The summed E-state index contributed by atoms with van der Waals surface area (Å²) in [6.45, 7) is 13.9. The molecule has 4 heteroatoms. The quantitative estimate of drug-likeness (QED) is 0.714. The molecule has 0 saturated carbocycles. The number of anilines is 1. The van der Waals surface area contributed by atoms with Gasteiger partial charge in [-0.2, -0.15) is 0 Å². The van der Waals surface area contributed by atoms with Crippen LogP contribution in [0.3, 0.4) is 0 Å². The van der Waals surface area contributed by atoms with Crippen LogP contribution in [0.2, 0.25) is 0 Å². The maximum Gasteiger partial charge on any atom is 0.147 e. The number of nitrogens with zero attached hydrogens (tertiary/aromatic N) is 3. The van der Waals surface area contributed by atoms with Crippen molar-refractivity contribution >= 4 is 5.82 Å². The van der Waals surface area contributed by atoms with Gasteiger partial charge in [-0.05, 0) is 0 Å². The number of aromatic nitrogens is 2. The first-order chi connectivity index (χ1) is 8.67. The minimum Gasteiger partial charge on any atom is -0.348 e. The molecule has 0 radical (unpaired) electrons. The number of hydrogen-bond donors (Lipinski definition) is 1. The topological polar surface area (TPSA) is 41.1 Å². The minimum absolute atomic E-state index is 0.449. The summed E-state index contributed by atoms with van der Waals surface area (Å²) in [5.41, 5.74) is 0.949. The second-order valence-electron chi connectivity index (χ2n) is 4.38. The molecule has 0 aliphatic carbocycles. The van der Waals surface area contributed by atoms with E-state index in [0.29, 0.717) is 6.04 Å². The second kappa shape index (κ2) is 7.61. The molecule has 0 aliphatic rings. The Labute approximate surface area is 109 Å². The average Bonchev–Trinajstić information content (AvgIpc) is 2.37. The summed E-state index contributed by atoms with van der Waals surface area (Å²) < 4.78 is 0. The van der Waals surface area contributed by atoms with Crippen LogP contribution in [0.4, 0.5) is 5.82 Å². The smallest absolute Gasteiger partial charge is 0.147 e. The number of nitrogens with one attached hydrogen (secondary N) is 1. The van der Waals surface area contributed by atoms with Gasteiger partial charge >= 0.3 is 0 Å². The van der Waals surface area contributed by atoms with E-state index in [9.17, 15) is 0 Å². The molecule has 1 aromatic heterocycles. The van der Waals surface area contributed by atoms with E-state index in [1.165, 1.54) is 0 Å². The van der Waals surface area contributed by atoms with Crippen molar-refractivity contribution in [2.24, 2.45) is 0 Å². The molecule has 0 spiro atoms. The molecule has 98 valence electrons. The van der Waals surface area contributed by atoms with Gasteiger partial charge in [0.05, 0.1) is 18.1 Å². The molecule has 0 bridgehead atoms. The van der Waals surface area contributed by atoms with E-state index in [1.54, 1.807) is 6.20 Å². The molecule has 18 heavy (non-hydrogen) atoms. The van der Waals surface area contributed by atoms with Crippen molar-refractivity contribution in [2.45, 2.75) is 26.4 Å². The van der Waals surface area contributed by atoms with Gasteiger partial charge in [0, 0.05) is 25.7 Å². The Morgan fingerprint density at radius 3 is 2.33 bits per heavy atom. The van der Waals surface area contributed by atoms with E-state index in [0.717, 1.165) is 31.1 Å². The van der Waals surface area contributed by atoms with Crippen molar-refractivity contribution in [3.8, 4) is 0 Å². The highest BCUT2D eigenvalue weighted by Crippen LogP contribution is 2.08. The summed E-state index contributed by atoms with van der Waals surface area (Å²) in [4.78, 5) is 10.9. The summed E-state index contributed by atoms with van der Waals surface area (Å²) >= 11 is 0. The average molecular weight is 246 g/mol. The molecule has 4 nitrogen and oxygen atoms in total. The van der Waals surface area contributed by atoms with Crippen molar-refractivity contribution in [3.05, 3.63) is 43.4 Å². The van der Waals surface area contributed by atoms with Crippen LogP contribution in [0.5, 0.6) is 0 Å². The summed E-state index contributed by atoms with van der Waals surface area (Å²) in [5, 5.41) is 3.31. The molecule has 0 fully saturated rings.